The normalized spacial score (nSPS) is 8.57. The molecule has 0 spiro atoms. The molecule has 0 saturated carbocycles. The third-order valence-electron chi connectivity index (χ3n) is 0.776. The highest BCUT2D eigenvalue weighted by molar-refractivity contribution is 6.08. The van der Waals surface area contributed by atoms with Gasteiger partial charge >= 0.3 is 0 Å². The molecular formula is C5H9AlO. The number of rotatable bonds is 4. The van der Waals surface area contributed by atoms with Gasteiger partial charge in [-0.2, -0.15) is 0 Å². The second-order valence-electron chi connectivity index (χ2n) is 1.45. The van der Waals surface area contributed by atoms with Crippen LogP contribution in [0.5, 0.6) is 0 Å². The smallest absolute Gasteiger partial charge is 0.119 e. The van der Waals surface area contributed by atoms with E-state index in [1.54, 1.807) is 0 Å². The predicted octanol–water partition coefficient (Wildman–Crippen LogP) is 0.942. The maximum absolute atomic E-state index is 9.67. The minimum atomic E-state index is 0.731. The van der Waals surface area contributed by atoms with Gasteiger partial charge in [-0.05, 0) is 6.42 Å². The van der Waals surface area contributed by atoms with Gasteiger partial charge in [0, 0.05) is 6.42 Å². The van der Waals surface area contributed by atoms with Crippen molar-refractivity contribution in [1.29, 1.82) is 0 Å². The van der Waals surface area contributed by atoms with E-state index in [1.807, 2.05) is 0 Å². The largest absolute Gasteiger partial charge is 0.303 e. The van der Waals surface area contributed by atoms with Crippen molar-refractivity contribution < 1.29 is 4.79 Å². The van der Waals surface area contributed by atoms with Crippen molar-refractivity contribution in [3.05, 3.63) is 0 Å². The SMILES string of the molecule is O=CCCC[CH2][Al]. The topological polar surface area (TPSA) is 17.1 Å². The molecule has 0 unspecified atom stereocenters. The quantitative estimate of drug-likeness (QED) is 0.300. The molecule has 0 bridgehead atoms. The van der Waals surface area contributed by atoms with Crippen molar-refractivity contribution in [2.45, 2.75) is 24.5 Å². The number of unbranched alkanes of at least 4 members (excludes halogenated alkanes) is 2. The van der Waals surface area contributed by atoms with Crippen LogP contribution in [0.1, 0.15) is 19.3 Å². The minimum Gasteiger partial charge on any atom is -0.303 e. The molecule has 0 aromatic rings. The fourth-order valence-corrected chi connectivity index (χ4v) is 0.661. The highest BCUT2D eigenvalue weighted by Crippen LogP contribution is 1.93. The summed E-state index contributed by atoms with van der Waals surface area (Å²) < 4.78 is 0. The number of carbonyl (C=O) groups excluding carboxylic acids is 1. The van der Waals surface area contributed by atoms with E-state index in [4.69, 9.17) is 0 Å². The molecule has 0 rings (SSSR count). The molecule has 2 radical (unpaired) electrons. The van der Waals surface area contributed by atoms with Gasteiger partial charge in [0.25, 0.3) is 0 Å². The summed E-state index contributed by atoms with van der Waals surface area (Å²) in [6.45, 7) is 0. The van der Waals surface area contributed by atoms with Crippen LogP contribution in [0, 0.1) is 0 Å². The average Bonchev–Trinajstić information content (AvgIpc) is 1.69. The Bertz CT molecular complexity index is 45.3. The Balaban J connectivity index is 2.56. The number of hydrogen-bond donors (Lipinski definition) is 0. The van der Waals surface area contributed by atoms with Gasteiger partial charge in [-0.25, -0.2) is 0 Å². The molecule has 0 aliphatic heterocycles. The molecule has 0 heterocycles. The van der Waals surface area contributed by atoms with E-state index in [-0.39, 0.29) is 0 Å². The maximum Gasteiger partial charge on any atom is 0.119 e. The number of hydrogen-bond acceptors (Lipinski definition) is 1. The van der Waals surface area contributed by atoms with Crippen molar-refractivity contribution in [1.82, 2.24) is 0 Å². The molecule has 0 aliphatic carbocycles. The van der Waals surface area contributed by atoms with Crippen LogP contribution in [0.2, 0.25) is 5.28 Å². The first-order chi connectivity index (χ1) is 3.41. The third kappa shape index (κ3) is 6.20. The van der Waals surface area contributed by atoms with Crippen LogP contribution in [0.15, 0.2) is 0 Å². The lowest BCUT2D eigenvalue weighted by Gasteiger charge is -1.86. The summed E-state index contributed by atoms with van der Waals surface area (Å²) in [5.74, 6) is 0. The molecule has 0 aliphatic rings. The second-order valence-corrected chi connectivity index (χ2v) is 2.03. The molecule has 1 nitrogen and oxygen atoms in total. The summed E-state index contributed by atoms with van der Waals surface area (Å²) in [6.07, 6.45) is 3.91. The van der Waals surface area contributed by atoms with Crippen molar-refractivity contribution in [3.63, 3.8) is 0 Å². The standard InChI is InChI=1S/C5H9O.Al/c1-2-3-4-5-6;/h5H,1-4H2;. The number of carbonyl (C=O) groups is 1. The molecule has 0 atom stereocenters. The van der Waals surface area contributed by atoms with E-state index in [0.29, 0.717) is 0 Å². The Morgan fingerprint density at radius 3 is 2.57 bits per heavy atom. The summed E-state index contributed by atoms with van der Waals surface area (Å²) in [4.78, 5) is 9.67. The van der Waals surface area contributed by atoms with E-state index in [9.17, 15) is 4.79 Å². The van der Waals surface area contributed by atoms with Gasteiger partial charge in [0.1, 0.15) is 22.6 Å². The van der Waals surface area contributed by atoms with Crippen LogP contribution in [0.25, 0.3) is 0 Å². The molecule has 0 saturated heterocycles. The highest BCUT2D eigenvalue weighted by Gasteiger charge is 1.79. The highest BCUT2D eigenvalue weighted by atomic mass is 27.0. The van der Waals surface area contributed by atoms with E-state index in [2.05, 4.69) is 16.3 Å². The Kier molecular flexibility index (Phi) is 6.38. The van der Waals surface area contributed by atoms with Gasteiger partial charge in [0.15, 0.2) is 0 Å². The van der Waals surface area contributed by atoms with E-state index >= 15 is 0 Å². The van der Waals surface area contributed by atoms with E-state index < -0.39 is 0 Å². The Morgan fingerprint density at radius 2 is 2.14 bits per heavy atom. The van der Waals surface area contributed by atoms with Crippen LogP contribution < -0.4 is 0 Å². The first-order valence-corrected chi connectivity index (χ1v) is 3.37. The van der Waals surface area contributed by atoms with Crippen LogP contribution in [-0.2, 0) is 4.79 Å². The Morgan fingerprint density at radius 1 is 1.43 bits per heavy atom. The summed E-state index contributed by atoms with van der Waals surface area (Å²) in [5.41, 5.74) is 0. The second kappa shape index (κ2) is 6.20. The van der Waals surface area contributed by atoms with Gasteiger partial charge in [0.05, 0.1) is 0 Å². The summed E-state index contributed by atoms with van der Waals surface area (Å²) in [7, 11) is 0. The lowest BCUT2D eigenvalue weighted by atomic mass is 10.3. The molecule has 2 heteroatoms. The van der Waals surface area contributed by atoms with Gasteiger partial charge in [-0.15, -0.1) is 5.28 Å². The zero-order valence-corrected chi connectivity index (χ0v) is 5.55. The van der Waals surface area contributed by atoms with Crippen LogP contribution >= 0.6 is 0 Å². The minimum absolute atomic E-state index is 0.731. The Labute approximate surface area is 52.5 Å². The van der Waals surface area contributed by atoms with Gasteiger partial charge in [0.2, 0.25) is 0 Å². The molecular weight excluding hydrogens is 103 g/mol. The fraction of sp³-hybridized carbons (Fsp3) is 0.800. The fourth-order valence-electron chi connectivity index (χ4n) is 0.372. The summed E-state index contributed by atoms with van der Waals surface area (Å²) >= 11 is 2.63. The van der Waals surface area contributed by atoms with Crippen molar-refractivity contribution >= 4 is 22.6 Å². The zero-order valence-electron chi connectivity index (χ0n) is 4.39. The van der Waals surface area contributed by atoms with E-state index in [0.717, 1.165) is 30.8 Å². The van der Waals surface area contributed by atoms with Crippen LogP contribution in [-0.4, -0.2) is 22.6 Å². The van der Waals surface area contributed by atoms with Gasteiger partial charge in [-0.1, -0.05) is 6.42 Å². The molecule has 0 amide bonds. The van der Waals surface area contributed by atoms with Crippen molar-refractivity contribution in [2.75, 3.05) is 0 Å². The maximum atomic E-state index is 9.67. The molecule has 0 aromatic carbocycles. The van der Waals surface area contributed by atoms with E-state index in [1.165, 1.54) is 0 Å². The third-order valence-corrected chi connectivity index (χ3v) is 1.18. The van der Waals surface area contributed by atoms with Gasteiger partial charge < -0.3 is 4.79 Å². The summed E-state index contributed by atoms with van der Waals surface area (Å²) in [6, 6.07) is 0. The molecule has 0 aromatic heterocycles. The van der Waals surface area contributed by atoms with Gasteiger partial charge in [-0.3, -0.25) is 0 Å². The predicted molar refractivity (Wildman–Crippen MR) is 30.5 cm³/mol. The number of aldehydes is 1. The molecule has 7 heavy (non-hydrogen) atoms. The lowest BCUT2D eigenvalue weighted by molar-refractivity contribution is -0.107. The first kappa shape index (κ1) is 7.20. The molecule has 0 fully saturated rings. The zero-order chi connectivity index (χ0) is 5.54. The Hall–Kier alpha value is 0.202. The first-order valence-electron chi connectivity index (χ1n) is 2.55. The van der Waals surface area contributed by atoms with Crippen molar-refractivity contribution in [2.24, 2.45) is 0 Å². The molecule has 38 valence electrons. The molecule has 0 N–H and O–H groups in total. The van der Waals surface area contributed by atoms with Crippen molar-refractivity contribution in [3.8, 4) is 0 Å². The van der Waals surface area contributed by atoms with Crippen LogP contribution in [0.4, 0.5) is 0 Å². The van der Waals surface area contributed by atoms with Crippen LogP contribution in [0.3, 0.4) is 0 Å². The monoisotopic (exact) mass is 112 g/mol. The summed E-state index contributed by atoms with van der Waals surface area (Å²) in [5, 5.41) is 1.12. The lowest BCUT2D eigenvalue weighted by Crippen LogP contribution is -1.75. The average molecular weight is 112 g/mol.